The number of hydrogen-bond donors (Lipinski definition) is 0. The van der Waals surface area contributed by atoms with Crippen molar-refractivity contribution in [2.75, 3.05) is 0 Å². The van der Waals surface area contributed by atoms with Crippen LogP contribution in [0.4, 0.5) is 0 Å². The number of pyridine rings is 1. The fourth-order valence-corrected chi connectivity index (χ4v) is 7.12. The van der Waals surface area contributed by atoms with E-state index in [9.17, 15) is 0 Å². The number of nitrogens with zero attached hydrogens (tertiary/aromatic N) is 3. The number of ether oxygens (including phenoxy) is 2. The van der Waals surface area contributed by atoms with Crippen LogP contribution in [0.3, 0.4) is 0 Å². The van der Waals surface area contributed by atoms with Gasteiger partial charge in [-0.2, -0.15) is 0 Å². The Morgan fingerprint density at radius 2 is 1.43 bits per heavy atom. The van der Waals surface area contributed by atoms with Crippen molar-refractivity contribution in [2.45, 2.75) is 59.1 Å². The predicted octanol–water partition coefficient (Wildman–Crippen LogP) is 11.8. The predicted molar refractivity (Wildman–Crippen MR) is 209 cm³/mol. The second-order valence-electron chi connectivity index (χ2n) is 15.0. The molecule has 0 saturated carbocycles. The Bertz CT molecular complexity index is 2400. The van der Waals surface area contributed by atoms with Gasteiger partial charge in [-0.05, 0) is 95.1 Å². The van der Waals surface area contributed by atoms with Crippen molar-refractivity contribution in [3.8, 4) is 28.4 Å². The lowest BCUT2D eigenvalue weighted by Crippen LogP contribution is -2.19. The Morgan fingerprint density at radius 1 is 0.686 bits per heavy atom. The molecule has 254 valence electrons. The van der Waals surface area contributed by atoms with E-state index in [0.717, 1.165) is 50.2 Å². The van der Waals surface area contributed by atoms with Gasteiger partial charge in [0.1, 0.15) is 23.4 Å². The number of benzene rings is 5. The molecule has 7 aromatic rings. The maximum atomic E-state index is 6.78. The largest absolute Gasteiger partial charge is 0.467 e. The van der Waals surface area contributed by atoms with Gasteiger partial charge in [0.05, 0.1) is 17.1 Å². The van der Waals surface area contributed by atoms with E-state index in [4.69, 9.17) is 19.5 Å². The third kappa shape index (κ3) is 6.29. The SMILES string of the molecule is Cc1ccc2c(c1)c1ccc(Oc3cc(C4=N[C@H](C(C)C)[C@H](c5ccccc5)O4)cc(-c4ccccc4)c3)cc1n2-c1cc(C(C)(C)C)ccn1. The Labute approximate surface area is 300 Å². The maximum Gasteiger partial charge on any atom is 0.217 e. The average molecular weight is 670 g/mol. The van der Waals surface area contributed by atoms with Crippen LogP contribution in [0.1, 0.15) is 63.0 Å². The summed E-state index contributed by atoms with van der Waals surface area (Å²) in [5.74, 6) is 3.29. The lowest BCUT2D eigenvalue weighted by Gasteiger charge is -2.20. The second-order valence-corrected chi connectivity index (χ2v) is 15.0. The number of hydrogen-bond acceptors (Lipinski definition) is 4. The van der Waals surface area contributed by atoms with E-state index in [1.807, 2.05) is 24.4 Å². The fourth-order valence-electron chi connectivity index (χ4n) is 7.12. The van der Waals surface area contributed by atoms with Gasteiger partial charge in [0.25, 0.3) is 0 Å². The highest BCUT2D eigenvalue weighted by Gasteiger charge is 2.35. The normalized spacial score (nSPS) is 16.1. The van der Waals surface area contributed by atoms with Crippen LogP contribution in [-0.2, 0) is 10.2 Å². The molecule has 0 spiro atoms. The summed E-state index contributed by atoms with van der Waals surface area (Å²) in [5, 5.41) is 2.35. The van der Waals surface area contributed by atoms with Crippen molar-refractivity contribution in [2.24, 2.45) is 10.9 Å². The van der Waals surface area contributed by atoms with Gasteiger partial charge in [-0.15, -0.1) is 0 Å². The highest BCUT2D eigenvalue weighted by atomic mass is 16.5. The first kappa shape index (κ1) is 32.5. The van der Waals surface area contributed by atoms with Gasteiger partial charge >= 0.3 is 0 Å². The summed E-state index contributed by atoms with van der Waals surface area (Å²) in [4.78, 5) is 10.0. The van der Waals surface area contributed by atoms with E-state index in [1.165, 1.54) is 16.5 Å². The quantitative estimate of drug-likeness (QED) is 0.170. The smallest absolute Gasteiger partial charge is 0.217 e. The molecule has 0 fully saturated rings. The van der Waals surface area contributed by atoms with Crippen LogP contribution in [0, 0.1) is 12.8 Å². The molecule has 0 unspecified atom stereocenters. The zero-order valence-corrected chi connectivity index (χ0v) is 30.1. The van der Waals surface area contributed by atoms with Crippen molar-refractivity contribution in [3.05, 3.63) is 156 Å². The molecule has 0 N–H and O–H groups in total. The summed E-state index contributed by atoms with van der Waals surface area (Å²) in [7, 11) is 0. The third-order valence-electron chi connectivity index (χ3n) is 9.86. The highest BCUT2D eigenvalue weighted by Crippen LogP contribution is 2.39. The molecular formula is C46H43N3O2. The van der Waals surface area contributed by atoms with Crippen molar-refractivity contribution < 1.29 is 9.47 Å². The molecule has 0 amide bonds. The molecule has 0 saturated heterocycles. The zero-order chi connectivity index (χ0) is 35.3. The van der Waals surface area contributed by atoms with E-state index >= 15 is 0 Å². The van der Waals surface area contributed by atoms with Crippen LogP contribution in [0.2, 0.25) is 0 Å². The highest BCUT2D eigenvalue weighted by molar-refractivity contribution is 6.09. The van der Waals surface area contributed by atoms with Crippen LogP contribution >= 0.6 is 0 Å². The molecule has 2 atom stereocenters. The number of aryl methyl sites for hydroxylation is 1. The summed E-state index contributed by atoms with van der Waals surface area (Å²) in [6.45, 7) is 13.3. The summed E-state index contributed by atoms with van der Waals surface area (Å²) < 4.78 is 15.7. The lowest BCUT2D eigenvalue weighted by atomic mass is 9.88. The molecule has 5 heteroatoms. The van der Waals surface area contributed by atoms with E-state index in [1.54, 1.807) is 0 Å². The van der Waals surface area contributed by atoms with Gasteiger partial charge in [0, 0.05) is 28.6 Å². The van der Waals surface area contributed by atoms with Crippen LogP contribution in [0.15, 0.2) is 139 Å². The first-order valence-corrected chi connectivity index (χ1v) is 17.8. The molecule has 0 bridgehead atoms. The first-order valence-electron chi connectivity index (χ1n) is 17.8. The van der Waals surface area contributed by atoms with Crippen LogP contribution in [0.25, 0.3) is 38.8 Å². The van der Waals surface area contributed by atoms with E-state index < -0.39 is 0 Å². The Balaban J connectivity index is 1.24. The molecule has 8 rings (SSSR count). The van der Waals surface area contributed by atoms with Crippen molar-refractivity contribution in [3.63, 3.8) is 0 Å². The van der Waals surface area contributed by atoms with Crippen molar-refractivity contribution >= 4 is 27.7 Å². The van der Waals surface area contributed by atoms with Crippen LogP contribution in [0.5, 0.6) is 11.5 Å². The number of aromatic nitrogens is 2. The molecule has 51 heavy (non-hydrogen) atoms. The summed E-state index contributed by atoms with van der Waals surface area (Å²) in [6.07, 6.45) is 1.77. The molecule has 1 aliphatic heterocycles. The second kappa shape index (κ2) is 12.9. The van der Waals surface area contributed by atoms with E-state index in [-0.39, 0.29) is 17.6 Å². The van der Waals surface area contributed by atoms with Crippen LogP contribution < -0.4 is 4.74 Å². The topological polar surface area (TPSA) is 48.6 Å². The zero-order valence-electron chi connectivity index (χ0n) is 30.1. The number of rotatable bonds is 7. The minimum absolute atomic E-state index is 0.00510. The Morgan fingerprint density at radius 3 is 2.18 bits per heavy atom. The average Bonchev–Trinajstić information content (AvgIpc) is 3.72. The summed E-state index contributed by atoms with van der Waals surface area (Å²) in [5.41, 5.74) is 8.76. The molecule has 0 aliphatic carbocycles. The van der Waals surface area contributed by atoms with Gasteiger partial charge in [0.15, 0.2) is 0 Å². The van der Waals surface area contributed by atoms with Gasteiger partial charge < -0.3 is 9.47 Å². The summed E-state index contributed by atoms with van der Waals surface area (Å²) >= 11 is 0. The summed E-state index contributed by atoms with van der Waals surface area (Å²) in [6, 6.07) is 44.4. The minimum atomic E-state index is -0.149. The minimum Gasteiger partial charge on any atom is -0.467 e. The number of aliphatic imine (C=N–C) groups is 1. The molecule has 0 radical (unpaired) electrons. The molecular weight excluding hydrogens is 627 g/mol. The third-order valence-corrected chi connectivity index (χ3v) is 9.86. The Hall–Kier alpha value is -5.68. The maximum absolute atomic E-state index is 6.78. The lowest BCUT2D eigenvalue weighted by molar-refractivity contribution is 0.175. The number of fused-ring (bicyclic) bond motifs is 3. The molecule has 5 aromatic carbocycles. The Kier molecular flexibility index (Phi) is 8.22. The van der Waals surface area contributed by atoms with Gasteiger partial charge in [0.2, 0.25) is 5.90 Å². The van der Waals surface area contributed by atoms with Crippen LogP contribution in [-0.4, -0.2) is 21.5 Å². The van der Waals surface area contributed by atoms with E-state index in [2.05, 4.69) is 155 Å². The van der Waals surface area contributed by atoms with Crippen molar-refractivity contribution in [1.29, 1.82) is 0 Å². The standard InChI is InChI=1S/C46H43N3O2/c1-29(2)43-44(32-15-11-8-12-16-32)51-45(48-43)34-24-33(31-13-9-7-10-14-31)25-37(26-34)50-36-18-19-38-39-23-30(3)17-20-40(39)49(41(38)28-36)42-27-35(21-22-47-42)46(4,5)6/h7-29,43-44H,1-6H3/t43-,44+/m1/s1. The molecule has 1 aliphatic rings. The molecule has 5 nitrogen and oxygen atoms in total. The fraction of sp³-hybridized carbons (Fsp3) is 0.217. The van der Waals surface area contributed by atoms with Crippen molar-refractivity contribution in [1.82, 2.24) is 9.55 Å². The van der Waals surface area contributed by atoms with E-state index in [0.29, 0.717) is 17.6 Å². The van der Waals surface area contributed by atoms with Gasteiger partial charge in [-0.1, -0.05) is 107 Å². The first-order chi connectivity index (χ1) is 24.6. The molecule has 3 heterocycles. The molecule has 2 aromatic heterocycles. The van der Waals surface area contributed by atoms with Gasteiger partial charge in [-0.3, -0.25) is 4.57 Å². The van der Waals surface area contributed by atoms with Gasteiger partial charge in [-0.25, -0.2) is 9.98 Å². The monoisotopic (exact) mass is 669 g/mol.